The number of hydrogen-bond donors (Lipinski definition) is 1. The van der Waals surface area contributed by atoms with Crippen molar-refractivity contribution in [1.82, 2.24) is 0 Å². The zero-order valence-electron chi connectivity index (χ0n) is 10.5. The molecule has 20 heavy (non-hydrogen) atoms. The number of nitro groups is 1. The Hall–Kier alpha value is -2.89. The highest BCUT2D eigenvalue weighted by atomic mass is 16.6. The molecule has 2 aromatic rings. The minimum atomic E-state index is -0.596. The third-order valence-corrected chi connectivity index (χ3v) is 2.66. The number of hydrogen-bond acceptors (Lipinski definition) is 5. The Labute approximate surface area is 114 Å². The molecule has 0 saturated heterocycles. The van der Waals surface area contributed by atoms with Gasteiger partial charge in [0.15, 0.2) is 12.4 Å². The molecule has 0 amide bonds. The van der Waals surface area contributed by atoms with Crippen LogP contribution in [0, 0.1) is 10.1 Å². The fourth-order valence-corrected chi connectivity index (χ4v) is 1.63. The van der Waals surface area contributed by atoms with Gasteiger partial charge in [0.2, 0.25) is 0 Å². The predicted octanol–water partition coefficient (Wildman–Crippen LogP) is 2.44. The second-order valence-electron chi connectivity index (χ2n) is 4.06. The van der Waals surface area contributed by atoms with E-state index < -0.39 is 4.92 Å². The highest BCUT2D eigenvalue weighted by Crippen LogP contribution is 2.26. The molecule has 102 valence electrons. The summed E-state index contributed by atoms with van der Waals surface area (Å²) in [4.78, 5) is 22.0. The number of rotatable bonds is 5. The average Bonchev–Trinajstić information content (AvgIpc) is 2.46. The van der Waals surface area contributed by atoms with Crippen molar-refractivity contribution < 1.29 is 14.5 Å². The maximum Gasteiger partial charge on any atom is 0.295 e. The number of carbonyl (C=O) groups excluding carboxylic acids is 1. The molecule has 0 unspecified atom stereocenters. The van der Waals surface area contributed by atoms with E-state index in [9.17, 15) is 14.9 Å². The number of benzene rings is 2. The number of nitrogens with zero attached hydrogens (tertiary/aromatic N) is 1. The van der Waals surface area contributed by atoms with E-state index in [1.54, 1.807) is 30.3 Å². The van der Waals surface area contributed by atoms with Crippen LogP contribution >= 0.6 is 0 Å². The lowest BCUT2D eigenvalue weighted by atomic mass is 10.1. The Kier molecular flexibility index (Phi) is 3.95. The number of ketones is 1. The van der Waals surface area contributed by atoms with Gasteiger partial charge in [-0.2, -0.15) is 0 Å². The van der Waals surface area contributed by atoms with Gasteiger partial charge in [0.25, 0.3) is 5.69 Å². The van der Waals surface area contributed by atoms with Crippen molar-refractivity contribution in [3.05, 3.63) is 64.2 Å². The molecule has 0 radical (unpaired) electrons. The van der Waals surface area contributed by atoms with Crippen LogP contribution in [-0.2, 0) is 0 Å². The standard InChI is InChI=1S/C14H12N2O4/c15-12-7-6-11(8-13(12)16(18)19)20-9-14(17)10-4-2-1-3-5-10/h1-8H,9,15H2. The Bertz CT molecular complexity index is 641. The van der Waals surface area contributed by atoms with Crippen molar-refractivity contribution in [2.24, 2.45) is 0 Å². The Morgan fingerprint density at radius 2 is 1.90 bits per heavy atom. The number of anilines is 1. The van der Waals surface area contributed by atoms with Crippen LogP contribution in [0.25, 0.3) is 0 Å². The number of nitro benzene ring substituents is 1. The smallest absolute Gasteiger partial charge is 0.295 e. The van der Waals surface area contributed by atoms with E-state index in [4.69, 9.17) is 10.5 Å². The molecule has 0 aliphatic rings. The summed E-state index contributed by atoms with van der Waals surface area (Å²) in [6, 6.07) is 12.7. The fourth-order valence-electron chi connectivity index (χ4n) is 1.63. The number of nitrogen functional groups attached to an aromatic ring is 1. The third-order valence-electron chi connectivity index (χ3n) is 2.66. The lowest BCUT2D eigenvalue weighted by Gasteiger charge is -2.06. The van der Waals surface area contributed by atoms with Crippen LogP contribution in [0.1, 0.15) is 10.4 Å². The molecule has 0 saturated carbocycles. The lowest BCUT2D eigenvalue weighted by Crippen LogP contribution is -2.11. The summed E-state index contributed by atoms with van der Waals surface area (Å²) in [6.45, 7) is -0.189. The maximum absolute atomic E-state index is 11.8. The zero-order valence-corrected chi connectivity index (χ0v) is 10.5. The van der Waals surface area contributed by atoms with Crippen LogP contribution in [0.5, 0.6) is 5.75 Å². The fraction of sp³-hybridized carbons (Fsp3) is 0.0714. The second-order valence-corrected chi connectivity index (χ2v) is 4.06. The van der Waals surface area contributed by atoms with Crippen molar-refractivity contribution in [1.29, 1.82) is 0 Å². The monoisotopic (exact) mass is 272 g/mol. The minimum absolute atomic E-state index is 0.0525. The molecule has 0 spiro atoms. The van der Waals surface area contributed by atoms with Gasteiger partial charge in [-0.25, -0.2) is 0 Å². The summed E-state index contributed by atoms with van der Waals surface area (Å²) >= 11 is 0. The van der Waals surface area contributed by atoms with Gasteiger partial charge in [-0.1, -0.05) is 30.3 Å². The van der Waals surface area contributed by atoms with Gasteiger partial charge in [0, 0.05) is 5.56 Å². The van der Waals surface area contributed by atoms with Gasteiger partial charge in [-0.15, -0.1) is 0 Å². The van der Waals surface area contributed by atoms with E-state index in [-0.39, 0.29) is 29.5 Å². The Morgan fingerprint density at radius 3 is 2.55 bits per heavy atom. The quantitative estimate of drug-likeness (QED) is 0.390. The number of Topliss-reactive ketones (excluding diaryl/α,β-unsaturated/α-hetero) is 1. The zero-order chi connectivity index (χ0) is 14.5. The van der Waals surface area contributed by atoms with Gasteiger partial charge in [0.05, 0.1) is 11.0 Å². The van der Waals surface area contributed by atoms with Crippen LogP contribution < -0.4 is 10.5 Å². The molecule has 6 heteroatoms. The first kappa shape index (κ1) is 13.5. The van der Waals surface area contributed by atoms with Crippen LogP contribution in [0.3, 0.4) is 0 Å². The lowest BCUT2D eigenvalue weighted by molar-refractivity contribution is -0.384. The summed E-state index contributed by atoms with van der Waals surface area (Å²) in [5.41, 5.74) is 5.81. The molecule has 0 aliphatic carbocycles. The molecule has 0 aliphatic heterocycles. The molecule has 0 heterocycles. The molecule has 0 atom stereocenters. The predicted molar refractivity (Wildman–Crippen MR) is 73.8 cm³/mol. The van der Waals surface area contributed by atoms with Crippen molar-refractivity contribution in [2.45, 2.75) is 0 Å². The van der Waals surface area contributed by atoms with Gasteiger partial charge in [-0.3, -0.25) is 14.9 Å². The van der Waals surface area contributed by atoms with Crippen LogP contribution in [0.4, 0.5) is 11.4 Å². The van der Waals surface area contributed by atoms with Gasteiger partial charge >= 0.3 is 0 Å². The van der Waals surface area contributed by atoms with Crippen molar-refractivity contribution in [2.75, 3.05) is 12.3 Å². The Morgan fingerprint density at radius 1 is 1.20 bits per heavy atom. The third kappa shape index (κ3) is 3.11. The number of carbonyl (C=O) groups is 1. The van der Waals surface area contributed by atoms with E-state index in [0.29, 0.717) is 5.56 Å². The number of nitrogens with two attached hydrogens (primary N) is 1. The first-order chi connectivity index (χ1) is 9.58. The molecular formula is C14H12N2O4. The topological polar surface area (TPSA) is 95.5 Å². The van der Waals surface area contributed by atoms with Crippen LogP contribution in [-0.4, -0.2) is 17.3 Å². The summed E-state index contributed by atoms with van der Waals surface area (Å²) in [5, 5.41) is 10.7. The van der Waals surface area contributed by atoms with E-state index in [2.05, 4.69) is 0 Å². The average molecular weight is 272 g/mol. The van der Waals surface area contributed by atoms with E-state index in [1.165, 1.54) is 18.2 Å². The van der Waals surface area contributed by atoms with Crippen molar-refractivity contribution in [3.8, 4) is 5.75 Å². The summed E-state index contributed by atoms with van der Waals surface area (Å²) < 4.78 is 5.26. The van der Waals surface area contributed by atoms with Gasteiger partial charge < -0.3 is 10.5 Å². The Balaban J connectivity index is 2.06. The highest BCUT2D eigenvalue weighted by molar-refractivity contribution is 5.97. The SMILES string of the molecule is Nc1ccc(OCC(=O)c2ccccc2)cc1[N+](=O)[O-]. The minimum Gasteiger partial charge on any atom is -0.485 e. The highest BCUT2D eigenvalue weighted by Gasteiger charge is 2.13. The van der Waals surface area contributed by atoms with Gasteiger partial charge in [0.1, 0.15) is 11.4 Å². The molecular weight excluding hydrogens is 260 g/mol. The van der Waals surface area contributed by atoms with Crippen molar-refractivity contribution in [3.63, 3.8) is 0 Å². The molecule has 2 N–H and O–H groups in total. The number of ether oxygens (including phenoxy) is 1. The summed E-state index contributed by atoms with van der Waals surface area (Å²) in [7, 11) is 0. The van der Waals surface area contributed by atoms with E-state index >= 15 is 0 Å². The second kappa shape index (κ2) is 5.83. The van der Waals surface area contributed by atoms with Crippen LogP contribution in [0.2, 0.25) is 0 Å². The van der Waals surface area contributed by atoms with E-state index in [1.807, 2.05) is 0 Å². The van der Waals surface area contributed by atoms with Crippen molar-refractivity contribution >= 4 is 17.2 Å². The normalized spacial score (nSPS) is 10.0. The maximum atomic E-state index is 11.8. The molecule has 0 fully saturated rings. The largest absolute Gasteiger partial charge is 0.485 e. The summed E-state index contributed by atoms with van der Waals surface area (Å²) in [6.07, 6.45) is 0. The summed E-state index contributed by atoms with van der Waals surface area (Å²) in [5.74, 6) is 0.0280. The van der Waals surface area contributed by atoms with Crippen LogP contribution in [0.15, 0.2) is 48.5 Å². The molecule has 6 nitrogen and oxygen atoms in total. The molecule has 0 bridgehead atoms. The first-order valence-electron chi connectivity index (χ1n) is 5.83. The first-order valence-corrected chi connectivity index (χ1v) is 5.83. The van der Waals surface area contributed by atoms with E-state index in [0.717, 1.165) is 0 Å². The molecule has 0 aromatic heterocycles. The molecule has 2 rings (SSSR count). The van der Waals surface area contributed by atoms with Gasteiger partial charge in [-0.05, 0) is 12.1 Å². The molecule has 2 aromatic carbocycles.